The number of aromatic amines is 1. The molecule has 2 N–H and O–H groups in total. The highest BCUT2D eigenvalue weighted by Crippen LogP contribution is 2.25. The Bertz CT molecular complexity index is 843. The predicted octanol–water partition coefficient (Wildman–Crippen LogP) is 3.63. The lowest BCUT2D eigenvalue weighted by molar-refractivity contribution is -0.119. The third-order valence-electron chi connectivity index (χ3n) is 3.97. The number of alkyl halides is 1. The minimum atomic E-state index is -0.326. The molecule has 0 saturated carbocycles. The van der Waals surface area contributed by atoms with E-state index in [4.69, 9.17) is 11.6 Å². The normalized spacial score (nSPS) is 17.8. The van der Waals surface area contributed by atoms with Crippen LogP contribution in [0.3, 0.4) is 0 Å². The largest absolute Gasteiger partial charge is 0.350 e. The lowest BCUT2D eigenvalue weighted by Crippen LogP contribution is -2.23. The summed E-state index contributed by atoms with van der Waals surface area (Å²) in [5.74, 6) is 0.0508. The number of pyridine rings is 1. The Hall–Kier alpha value is -1.85. The maximum absolute atomic E-state index is 11.9. The monoisotopic (exact) mass is 406 g/mol. The summed E-state index contributed by atoms with van der Waals surface area (Å²) < 4.78 is 0. The quantitative estimate of drug-likeness (QED) is 0.760. The number of H-pyrrole nitrogens is 1. The second-order valence-corrected chi connectivity index (χ2v) is 6.64. The van der Waals surface area contributed by atoms with E-state index >= 15 is 0 Å². The molecule has 0 radical (unpaired) electrons. The number of hydrogen-bond acceptors (Lipinski definition) is 2. The van der Waals surface area contributed by atoms with Crippen LogP contribution in [-0.2, 0) is 10.1 Å². The number of carbonyl (C=O) groups is 1. The molecule has 4 nitrogen and oxygen atoms in total. The van der Waals surface area contributed by atoms with Crippen molar-refractivity contribution in [2.45, 2.75) is 24.2 Å². The number of benzene rings is 1. The van der Waals surface area contributed by atoms with Gasteiger partial charge in [-0.3, -0.25) is 9.59 Å². The van der Waals surface area contributed by atoms with Crippen LogP contribution >= 0.6 is 27.5 Å². The van der Waals surface area contributed by atoms with Crippen molar-refractivity contribution >= 4 is 39.0 Å². The second-order valence-electron chi connectivity index (χ2n) is 5.67. The Kier molecular flexibility index (Phi) is 5.21. The molecule has 0 spiro atoms. The summed E-state index contributed by atoms with van der Waals surface area (Å²) >= 11 is 9.27. The molecule has 1 saturated heterocycles. The van der Waals surface area contributed by atoms with Crippen LogP contribution in [-0.4, -0.2) is 16.9 Å². The van der Waals surface area contributed by atoms with Gasteiger partial charge >= 0.3 is 0 Å². The highest BCUT2D eigenvalue weighted by molar-refractivity contribution is 9.08. The van der Waals surface area contributed by atoms with Gasteiger partial charge in [0.15, 0.2) is 0 Å². The van der Waals surface area contributed by atoms with Crippen LogP contribution < -0.4 is 10.9 Å². The van der Waals surface area contributed by atoms with Gasteiger partial charge < -0.3 is 10.3 Å². The zero-order valence-corrected chi connectivity index (χ0v) is 15.2. The molecule has 124 valence electrons. The molecule has 1 aromatic heterocycles. The zero-order valence-electron chi connectivity index (χ0n) is 12.8. The maximum Gasteiger partial charge on any atom is 0.267 e. The Morgan fingerprint density at radius 3 is 2.54 bits per heavy atom. The van der Waals surface area contributed by atoms with Crippen molar-refractivity contribution in [3.05, 3.63) is 74.7 Å². The molecule has 0 bridgehead atoms. The van der Waals surface area contributed by atoms with E-state index in [-0.39, 0.29) is 22.5 Å². The third kappa shape index (κ3) is 3.79. The molecule has 2 aromatic rings. The van der Waals surface area contributed by atoms with Crippen molar-refractivity contribution in [2.75, 3.05) is 0 Å². The standard InChI is InChI=1S/C18H16BrClN2O2/c19-10-11-1-3-12(4-2-11)14(9-13-5-8-17(23)21-13)16-7-6-15(20)18(24)22-16/h1-4,6-7,9,13H,5,8,10H2,(H,21,23)(H,22,24)/t13-/m1/s1. The molecule has 24 heavy (non-hydrogen) atoms. The van der Waals surface area contributed by atoms with Crippen molar-refractivity contribution < 1.29 is 4.79 Å². The number of aromatic nitrogens is 1. The minimum Gasteiger partial charge on any atom is -0.350 e. The van der Waals surface area contributed by atoms with Crippen LogP contribution in [0.5, 0.6) is 0 Å². The number of nitrogens with one attached hydrogen (secondary N) is 2. The molecule has 1 aliphatic rings. The van der Waals surface area contributed by atoms with Crippen molar-refractivity contribution in [3.8, 4) is 0 Å². The van der Waals surface area contributed by atoms with Gasteiger partial charge in [-0.2, -0.15) is 0 Å². The lowest BCUT2D eigenvalue weighted by Gasteiger charge is -2.12. The molecule has 1 amide bonds. The molecule has 1 atom stereocenters. The molecule has 2 heterocycles. The Morgan fingerprint density at radius 1 is 1.21 bits per heavy atom. The fraction of sp³-hybridized carbons (Fsp3) is 0.222. The highest BCUT2D eigenvalue weighted by atomic mass is 79.9. The van der Waals surface area contributed by atoms with E-state index in [1.165, 1.54) is 0 Å². The average molecular weight is 408 g/mol. The molecular weight excluding hydrogens is 392 g/mol. The van der Waals surface area contributed by atoms with Crippen molar-refractivity contribution in [2.24, 2.45) is 0 Å². The Morgan fingerprint density at radius 2 is 1.96 bits per heavy atom. The molecule has 3 rings (SSSR count). The van der Waals surface area contributed by atoms with Gasteiger partial charge in [0.2, 0.25) is 5.91 Å². The van der Waals surface area contributed by atoms with E-state index in [1.54, 1.807) is 12.1 Å². The molecule has 1 fully saturated rings. The maximum atomic E-state index is 11.9. The number of halogens is 2. The van der Waals surface area contributed by atoms with Crippen LogP contribution in [0, 0.1) is 0 Å². The molecule has 1 aromatic carbocycles. The van der Waals surface area contributed by atoms with Crippen molar-refractivity contribution in [3.63, 3.8) is 0 Å². The first kappa shape index (κ1) is 17.0. The fourth-order valence-electron chi connectivity index (χ4n) is 2.69. The fourth-order valence-corrected chi connectivity index (χ4v) is 3.18. The second kappa shape index (κ2) is 7.36. The molecule has 1 aliphatic heterocycles. The summed E-state index contributed by atoms with van der Waals surface area (Å²) in [5.41, 5.74) is 3.36. The average Bonchev–Trinajstić information content (AvgIpc) is 3.00. The van der Waals surface area contributed by atoms with Gasteiger partial charge in [-0.1, -0.05) is 57.9 Å². The van der Waals surface area contributed by atoms with Gasteiger partial charge in [-0.25, -0.2) is 0 Å². The van der Waals surface area contributed by atoms with Gasteiger partial charge in [-0.05, 0) is 29.7 Å². The topological polar surface area (TPSA) is 62.0 Å². The summed E-state index contributed by atoms with van der Waals surface area (Å²) in [4.78, 5) is 26.2. The van der Waals surface area contributed by atoms with Crippen LogP contribution in [0.4, 0.5) is 0 Å². The summed E-state index contributed by atoms with van der Waals surface area (Å²) in [6.07, 6.45) is 3.26. The van der Waals surface area contributed by atoms with Gasteiger partial charge in [0.1, 0.15) is 5.02 Å². The Balaban J connectivity index is 2.05. The van der Waals surface area contributed by atoms with E-state index in [9.17, 15) is 9.59 Å². The number of carbonyl (C=O) groups excluding carboxylic acids is 1. The van der Waals surface area contributed by atoms with Gasteiger partial charge in [-0.15, -0.1) is 0 Å². The first-order valence-electron chi connectivity index (χ1n) is 7.62. The van der Waals surface area contributed by atoms with E-state index in [2.05, 4.69) is 26.2 Å². The van der Waals surface area contributed by atoms with Crippen LogP contribution in [0.15, 0.2) is 47.3 Å². The smallest absolute Gasteiger partial charge is 0.267 e. The molecule has 0 aliphatic carbocycles. The molecule has 0 unspecified atom stereocenters. The third-order valence-corrected chi connectivity index (χ3v) is 4.91. The first-order valence-corrected chi connectivity index (χ1v) is 9.12. The lowest BCUT2D eigenvalue weighted by atomic mass is 9.98. The first-order chi connectivity index (χ1) is 11.6. The summed E-state index contributed by atoms with van der Waals surface area (Å²) in [5, 5.41) is 3.87. The van der Waals surface area contributed by atoms with Crippen LogP contribution in [0.1, 0.15) is 29.7 Å². The molecular formula is C18H16BrClN2O2. The van der Waals surface area contributed by atoms with E-state index in [1.807, 2.05) is 30.3 Å². The predicted molar refractivity (Wildman–Crippen MR) is 99.4 cm³/mol. The van der Waals surface area contributed by atoms with Crippen molar-refractivity contribution in [1.82, 2.24) is 10.3 Å². The Labute approximate surface area is 153 Å². The summed E-state index contributed by atoms with van der Waals surface area (Å²) in [7, 11) is 0. The van der Waals surface area contributed by atoms with Gasteiger partial charge in [0, 0.05) is 29.1 Å². The van der Waals surface area contributed by atoms with E-state index in [0.717, 1.165) is 28.5 Å². The summed E-state index contributed by atoms with van der Waals surface area (Å²) in [6, 6.07) is 11.4. The number of amides is 1. The van der Waals surface area contributed by atoms with Crippen LogP contribution in [0.25, 0.3) is 5.57 Å². The van der Waals surface area contributed by atoms with Gasteiger partial charge in [0.05, 0.1) is 0 Å². The van der Waals surface area contributed by atoms with E-state index in [0.29, 0.717) is 12.1 Å². The van der Waals surface area contributed by atoms with Crippen molar-refractivity contribution in [1.29, 1.82) is 0 Å². The summed E-state index contributed by atoms with van der Waals surface area (Å²) in [6.45, 7) is 0. The zero-order chi connectivity index (χ0) is 17.1. The number of rotatable bonds is 4. The molecule has 6 heteroatoms. The number of hydrogen-bond donors (Lipinski definition) is 2. The minimum absolute atomic E-state index is 0.0393. The SMILES string of the molecule is O=C1CC[C@H](C=C(c2ccc(CBr)cc2)c2ccc(Cl)c(=O)[nH]2)N1. The van der Waals surface area contributed by atoms with E-state index < -0.39 is 0 Å². The highest BCUT2D eigenvalue weighted by Gasteiger charge is 2.20. The van der Waals surface area contributed by atoms with Crippen LogP contribution in [0.2, 0.25) is 5.02 Å². The van der Waals surface area contributed by atoms with Gasteiger partial charge in [0.25, 0.3) is 5.56 Å².